The minimum atomic E-state index is -2.24. The summed E-state index contributed by atoms with van der Waals surface area (Å²) in [4.78, 5) is 0. The molecule has 2 aliphatic rings. The molecule has 239 valence electrons. The number of allylic oxidation sites excluding steroid dienone is 4. The molecule has 2 aliphatic carbocycles. The Morgan fingerprint density at radius 2 is 0.913 bits per heavy atom. The molecule has 0 amide bonds. The quantitative estimate of drug-likeness (QED) is 0.189. The summed E-state index contributed by atoms with van der Waals surface area (Å²) in [5.41, 5.74) is 7.38. The van der Waals surface area contributed by atoms with Crippen LogP contribution >= 0.6 is 0 Å². The van der Waals surface area contributed by atoms with Gasteiger partial charge in [-0.05, 0) is 11.1 Å². The van der Waals surface area contributed by atoms with Crippen molar-refractivity contribution in [3.05, 3.63) is 141 Å². The Hall–Kier alpha value is -2.58. The molecule has 4 aromatic carbocycles. The van der Waals surface area contributed by atoms with Crippen LogP contribution in [-0.4, -0.2) is 12.0 Å². The number of benzene rings is 4. The number of hydrogen-bond donors (Lipinski definition) is 1. The van der Waals surface area contributed by atoms with E-state index in [4.69, 9.17) is 0 Å². The smallest absolute Gasteiger partial charge is 0.0184 e. The van der Waals surface area contributed by atoms with Gasteiger partial charge >= 0.3 is 219 Å². The van der Waals surface area contributed by atoms with E-state index in [1.54, 1.807) is 27.1 Å². The van der Waals surface area contributed by atoms with E-state index in [2.05, 4.69) is 140 Å². The van der Waals surface area contributed by atoms with E-state index in [1.165, 1.54) is 68.9 Å². The SMILES string of the molecule is CC1=C(C)C(C)[C]([Zr]([NH]C2CCCCCCCCC2)[SiH](c2ccccc2)c2ccccc2)=C1C.c1ccc(-c2ccccc2)cc1. The number of nitrogens with one attached hydrogen (secondary N) is 1. The third-order valence-electron chi connectivity index (χ3n) is 10.3. The van der Waals surface area contributed by atoms with Crippen LogP contribution < -0.4 is 13.6 Å². The first-order chi connectivity index (χ1) is 22.5. The summed E-state index contributed by atoms with van der Waals surface area (Å²) in [7, 11) is 0. The summed E-state index contributed by atoms with van der Waals surface area (Å²) in [6, 6.07) is 44.8. The molecule has 1 atom stereocenters. The Balaban J connectivity index is 0.000000289. The van der Waals surface area contributed by atoms with E-state index < -0.39 is 27.1 Å². The van der Waals surface area contributed by atoms with Crippen LogP contribution in [0.1, 0.15) is 85.5 Å². The zero-order chi connectivity index (χ0) is 32.1. The number of hydrogen-bond acceptors (Lipinski definition) is 1. The molecule has 0 aliphatic heterocycles. The molecule has 1 unspecified atom stereocenters. The molecule has 3 heteroatoms. The molecule has 0 bridgehead atoms. The van der Waals surface area contributed by atoms with E-state index in [1.807, 2.05) is 15.4 Å². The molecule has 1 fully saturated rings. The summed E-state index contributed by atoms with van der Waals surface area (Å²) in [6.45, 7) is 9.71. The number of rotatable bonds is 7. The van der Waals surface area contributed by atoms with Crippen LogP contribution in [0.15, 0.2) is 141 Å². The first-order valence-corrected chi connectivity index (χ1v) is 26.2. The first kappa shape index (κ1) is 34.7. The summed E-state index contributed by atoms with van der Waals surface area (Å²) in [6.07, 6.45) is 12.7. The average Bonchev–Trinajstić information content (AvgIpc) is 3.30. The summed E-state index contributed by atoms with van der Waals surface area (Å²) < 4.78 is 6.46. The average molecular weight is 704 g/mol. The molecule has 0 saturated heterocycles. The Kier molecular flexibility index (Phi) is 13.7. The van der Waals surface area contributed by atoms with Gasteiger partial charge < -0.3 is 0 Å². The van der Waals surface area contributed by atoms with Crippen molar-refractivity contribution in [3.63, 3.8) is 0 Å². The standard InChI is InChI=1S/C12H11Si.C12H10.C10H20N.C9H13.Zr/c1-3-7-11(8-4-1)13-12-9-5-2-6-10-12;1-3-7-11(8-4-1)12-9-5-2-6-10-12;11-10-8-6-4-2-1-3-5-7-9-10;1-6-5-7(2)9(4)8(6)3;/h1-10,13H;1-10H;10-11H,1-9H2;6H,1-4H3;/q;;-1;;+1. The molecule has 1 saturated carbocycles. The van der Waals surface area contributed by atoms with Crippen LogP contribution in [0.2, 0.25) is 0 Å². The van der Waals surface area contributed by atoms with Crippen molar-refractivity contribution in [2.24, 2.45) is 5.92 Å². The van der Waals surface area contributed by atoms with Crippen LogP contribution in [0, 0.1) is 5.92 Å². The zero-order valence-corrected chi connectivity index (χ0v) is 32.3. The van der Waals surface area contributed by atoms with Gasteiger partial charge in [-0.15, -0.1) is 0 Å². The Bertz CT molecular complexity index is 1440. The van der Waals surface area contributed by atoms with Crippen LogP contribution in [0.25, 0.3) is 11.1 Å². The summed E-state index contributed by atoms with van der Waals surface area (Å²) in [5.74, 6) is -0.752. The van der Waals surface area contributed by atoms with Gasteiger partial charge in [-0.3, -0.25) is 0 Å². The second-order valence-electron chi connectivity index (χ2n) is 13.4. The molecule has 4 aromatic rings. The van der Waals surface area contributed by atoms with E-state index >= 15 is 0 Å². The molecule has 0 aromatic heterocycles. The second kappa shape index (κ2) is 18.1. The molecule has 46 heavy (non-hydrogen) atoms. The monoisotopic (exact) mass is 702 g/mol. The second-order valence-corrected chi connectivity index (χ2v) is 27.3. The van der Waals surface area contributed by atoms with Crippen LogP contribution in [-0.2, 0) is 21.2 Å². The van der Waals surface area contributed by atoms with Crippen molar-refractivity contribution >= 4 is 16.3 Å². The van der Waals surface area contributed by atoms with Crippen molar-refractivity contribution in [2.45, 2.75) is 91.5 Å². The van der Waals surface area contributed by atoms with Gasteiger partial charge in [-0.1, -0.05) is 60.7 Å². The first-order valence-electron chi connectivity index (χ1n) is 17.8. The molecule has 1 N–H and O–H groups in total. The van der Waals surface area contributed by atoms with Gasteiger partial charge in [0.25, 0.3) is 0 Å². The minimum Gasteiger partial charge on any atom is -0.0622 e. The van der Waals surface area contributed by atoms with Crippen LogP contribution in [0.4, 0.5) is 0 Å². The predicted molar refractivity (Wildman–Crippen MR) is 200 cm³/mol. The normalized spacial score (nSPS) is 17.9. The fourth-order valence-electron chi connectivity index (χ4n) is 7.37. The molecular weight excluding hydrogens is 650 g/mol. The predicted octanol–water partition coefficient (Wildman–Crippen LogP) is 10.2. The Labute approximate surface area is 288 Å². The maximum absolute atomic E-state index is 4.59. The van der Waals surface area contributed by atoms with Gasteiger partial charge in [-0.2, -0.15) is 0 Å². The van der Waals surface area contributed by atoms with Gasteiger partial charge in [-0.25, -0.2) is 0 Å². The third-order valence-corrected chi connectivity index (χ3v) is 30.2. The van der Waals surface area contributed by atoms with Gasteiger partial charge in [0.15, 0.2) is 0 Å². The van der Waals surface area contributed by atoms with E-state index in [9.17, 15) is 0 Å². The zero-order valence-electron chi connectivity index (χ0n) is 28.6. The Morgan fingerprint density at radius 1 is 0.522 bits per heavy atom. The fourth-order valence-corrected chi connectivity index (χ4v) is 30.8. The topological polar surface area (TPSA) is 12.0 Å². The molecule has 0 spiro atoms. The van der Waals surface area contributed by atoms with Crippen molar-refractivity contribution < 1.29 is 21.2 Å². The van der Waals surface area contributed by atoms with Crippen molar-refractivity contribution in [1.29, 1.82) is 0 Å². The van der Waals surface area contributed by atoms with Gasteiger partial charge in [0.2, 0.25) is 0 Å². The molecule has 0 heterocycles. The maximum Gasteiger partial charge on any atom is -0.0184 e. The van der Waals surface area contributed by atoms with E-state index in [0.717, 1.165) is 0 Å². The van der Waals surface area contributed by atoms with Crippen LogP contribution in [0.5, 0.6) is 0 Å². The fraction of sp³-hybridized carbons (Fsp3) is 0.349. The van der Waals surface area contributed by atoms with Gasteiger partial charge in [0, 0.05) is 0 Å². The molecule has 6 rings (SSSR count). The van der Waals surface area contributed by atoms with Crippen molar-refractivity contribution in [3.8, 4) is 11.1 Å². The van der Waals surface area contributed by atoms with Crippen molar-refractivity contribution in [1.82, 2.24) is 3.26 Å². The van der Waals surface area contributed by atoms with E-state index in [-0.39, 0.29) is 0 Å². The minimum absolute atomic E-state index is 0.615. The summed E-state index contributed by atoms with van der Waals surface area (Å²) >= 11 is -2.24. The largest absolute Gasteiger partial charge is 0.0622 e. The summed E-state index contributed by atoms with van der Waals surface area (Å²) in [5, 5.41) is 3.29. The Morgan fingerprint density at radius 3 is 1.30 bits per heavy atom. The maximum atomic E-state index is 4.59. The molecular formula is C43H54NSiZr. The molecule has 0 radical (unpaired) electrons. The van der Waals surface area contributed by atoms with E-state index in [0.29, 0.717) is 12.0 Å². The molecule has 1 nitrogen and oxygen atoms in total. The van der Waals surface area contributed by atoms with Gasteiger partial charge in [0.05, 0.1) is 0 Å². The van der Waals surface area contributed by atoms with Gasteiger partial charge in [0.1, 0.15) is 0 Å². The van der Waals surface area contributed by atoms with Crippen LogP contribution in [0.3, 0.4) is 0 Å². The van der Waals surface area contributed by atoms with Crippen molar-refractivity contribution in [2.75, 3.05) is 0 Å². The third kappa shape index (κ3) is 9.27.